The Labute approximate surface area is 105 Å². The second kappa shape index (κ2) is 4.08. The number of carbonyl (C=O) groups is 1. The minimum absolute atomic E-state index is 0.221. The molecule has 0 saturated carbocycles. The van der Waals surface area contributed by atoms with Crippen molar-refractivity contribution in [2.24, 2.45) is 0 Å². The molecule has 5 heteroatoms. The summed E-state index contributed by atoms with van der Waals surface area (Å²) in [6.45, 7) is 3.71. The molecule has 0 saturated heterocycles. The highest BCUT2D eigenvalue weighted by Crippen LogP contribution is 2.31. The van der Waals surface area contributed by atoms with Crippen molar-refractivity contribution < 1.29 is 9.32 Å². The highest BCUT2D eigenvalue weighted by molar-refractivity contribution is 6.00. The molecule has 1 N–H and O–H groups in total. The molecule has 0 bridgehead atoms. The van der Waals surface area contributed by atoms with Crippen LogP contribution in [0, 0.1) is 13.8 Å². The Morgan fingerprint density at radius 2 is 2.00 bits per heavy atom. The summed E-state index contributed by atoms with van der Waals surface area (Å²) >= 11 is 0. The first-order valence-electron chi connectivity index (χ1n) is 6.22. The van der Waals surface area contributed by atoms with Gasteiger partial charge in [-0.25, -0.2) is 0 Å². The number of nitrogens with zero attached hydrogens (tertiary/aromatic N) is 2. The summed E-state index contributed by atoms with van der Waals surface area (Å²) in [6.07, 6.45) is 3.50. The second-order valence-electron chi connectivity index (χ2n) is 4.76. The first-order chi connectivity index (χ1) is 8.66. The van der Waals surface area contributed by atoms with E-state index in [2.05, 4.69) is 15.1 Å². The summed E-state index contributed by atoms with van der Waals surface area (Å²) in [4.78, 5) is 19.6. The van der Waals surface area contributed by atoms with E-state index in [1.54, 1.807) is 6.92 Å². The molecule has 0 aromatic carbocycles. The maximum Gasteiger partial charge on any atom is 0.274 e. The summed E-state index contributed by atoms with van der Waals surface area (Å²) in [7, 11) is 0. The first-order valence-corrected chi connectivity index (χ1v) is 6.22. The molecule has 0 radical (unpaired) electrons. The minimum atomic E-state index is 0.221. The van der Waals surface area contributed by atoms with Crippen molar-refractivity contribution >= 4 is 5.78 Å². The maximum atomic E-state index is 12.1. The fourth-order valence-electron chi connectivity index (χ4n) is 2.60. The number of aryl methyl sites for hydroxylation is 2. The molecular formula is C13H15N3O2. The van der Waals surface area contributed by atoms with E-state index in [0.29, 0.717) is 18.1 Å². The molecule has 94 valence electrons. The number of rotatable bonds is 1. The highest BCUT2D eigenvalue weighted by atomic mass is 16.5. The van der Waals surface area contributed by atoms with E-state index in [-0.39, 0.29) is 5.78 Å². The van der Waals surface area contributed by atoms with Crippen molar-refractivity contribution in [3.63, 3.8) is 0 Å². The van der Waals surface area contributed by atoms with Crippen LogP contribution >= 0.6 is 0 Å². The van der Waals surface area contributed by atoms with E-state index in [9.17, 15) is 4.79 Å². The van der Waals surface area contributed by atoms with Crippen LogP contribution in [-0.2, 0) is 6.42 Å². The van der Waals surface area contributed by atoms with E-state index < -0.39 is 0 Å². The summed E-state index contributed by atoms with van der Waals surface area (Å²) in [5.41, 5.74) is 3.60. The predicted octanol–water partition coefficient (Wildman–Crippen LogP) is 2.59. The van der Waals surface area contributed by atoms with E-state index in [4.69, 9.17) is 4.52 Å². The van der Waals surface area contributed by atoms with Crippen LogP contribution in [-0.4, -0.2) is 20.9 Å². The quantitative estimate of drug-likeness (QED) is 0.784. The van der Waals surface area contributed by atoms with Gasteiger partial charge in [-0.05, 0) is 38.7 Å². The van der Waals surface area contributed by atoms with Gasteiger partial charge in [-0.1, -0.05) is 5.16 Å². The van der Waals surface area contributed by atoms with Gasteiger partial charge in [0.2, 0.25) is 0 Å². The average Bonchev–Trinajstić information content (AvgIpc) is 2.82. The third-order valence-electron chi connectivity index (χ3n) is 3.39. The number of hydrogen-bond donors (Lipinski definition) is 1. The van der Waals surface area contributed by atoms with Crippen molar-refractivity contribution in [3.8, 4) is 11.6 Å². The lowest BCUT2D eigenvalue weighted by Gasteiger charge is -1.99. The van der Waals surface area contributed by atoms with Gasteiger partial charge in [0, 0.05) is 17.7 Å². The minimum Gasteiger partial charge on any atom is -0.354 e. The highest BCUT2D eigenvalue weighted by Gasteiger charge is 2.25. The number of aromatic nitrogens is 3. The van der Waals surface area contributed by atoms with Crippen molar-refractivity contribution in [3.05, 3.63) is 22.6 Å². The zero-order valence-electron chi connectivity index (χ0n) is 10.5. The number of H-pyrrole nitrogens is 1. The van der Waals surface area contributed by atoms with E-state index >= 15 is 0 Å². The van der Waals surface area contributed by atoms with Gasteiger partial charge in [0.1, 0.15) is 5.69 Å². The Morgan fingerprint density at radius 3 is 2.72 bits per heavy atom. The largest absolute Gasteiger partial charge is 0.354 e. The van der Waals surface area contributed by atoms with Crippen LogP contribution in [0.5, 0.6) is 0 Å². The Bertz CT molecular complexity index is 610. The third kappa shape index (κ3) is 1.66. The fraction of sp³-hybridized carbons (Fsp3) is 0.462. The lowest BCUT2D eigenvalue weighted by molar-refractivity contribution is 0.0981. The van der Waals surface area contributed by atoms with Crippen LogP contribution in [0.1, 0.15) is 46.7 Å². The number of aromatic amines is 1. The molecule has 2 aromatic rings. The SMILES string of the molecule is Cc1noc(-c2[nH]c(C)c3c2CCCCC3=O)n1. The van der Waals surface area contributed by atoms with E-state index in [1.807, 2.05) is 6.92 Å². The van der Waals surface area contributed by atoms with Gasteiger partial charge >= 0.3 is 0 Å². The number of Topliss-reactive ketones (excluding diaryl/α,β-unsaturated/α-hetero) is 1. The van der Waals surface area contributed by atoms with Crippen LogP contribution in [0.2, 0.25) is 0 Å². The number of nitrogens with one attached hydrogen (secondary N) is 1. The van der Waals surface area contributed by atoms with Gasteiger partial charge < -0.3 is 9.51 Å². The molecule has 2 aromatic heterocycles. The zero-order chi connectivity index (χ0) is 12.7. The number of hydrogen-bond acceptors (Lipinski definition) is 4. The monoisotopic (exact) mass is 245 g/mol. The molecule has 0 aliphatic heterocycles. The van der Waals surface area contributed by atoms with Gasteiger partial charge in [0.25, 0.3) is 5.89 Å². The molecule has 0 unspecified atom stereocenters. The molecule has 0 amide bonds. The maximum absolute atomic E-state index is 12.1. The second-order valence-corrected chi connectivity index (χ2v) is 4.76. The molecule has 1 aliphatic carbocycles. The molecular weight excluding hydrogens is 230 g/mol. The van der Waals surface area contributed by atoms with Crippen LogP contribution in [0.3, 0.4) is 0 Å². The van der Waals surface area contributed by atoms with Crippen LogP contribution in [0.15, 0.2) is 4.52 Å². The summed E-state index contributed by atoms with van der Waals surface area (Å²) in [5.74, 6) is 1.30. The summed E-state index contributed by atoms with van der Waals surface area (Å²) in [6, 6.07) is 0. The molecule has 1 aliphatic rings. The van der Waals surface area contributed by atoms with Crippen LogP contribution in [0.25, 0.3) is 11.6 Å². The van der Waals surface area contributed by atoms with Gasteiger partial charge in [0.05, 0.1) is 0 Å². The van der Waals surface area contributed by atoms with E-state index in [0.717, 1.165) is 41.8 Å². The van der Waals surface area contributed by atoms with Crippen molar-refractivity contribution in [2.75, 3.05) is 0 Å². The Morgan fingerprint density at radius 1 is 1.22 bits per heavy atom. The number of ketones is 1. The summed E-state index contributed by atoms with van der Waals surface area (Å²) in [5, 5.41) is 3.80. The van der Waals surface area contributed by atoms with Crippen molar-refractivity contribution in [1.29, 1.82) is 0 Å². The standard InChI is InChI=1S/C13H15N3O2/c1-7-11-9(5-3-4-6-10(11)17)12(14-7)13-15-8(2)16-18-13/h14H,3-6H2,1-2H3. The third-order valence-corrected chi connectivity index (χ3v) is 3.39. The molecule has 18 heavy (non-hydrogen) atoms. The number of carbonyl (C=O) groups excluding carboxylic acids is 1. The van der Waals surface area contributed by atoms with Crippen LogP contribution in [0.4, 0.5) is 0 Å². The molecule has 0 spiro atoms. The topological polar surface area (TPSA) is 71.8 Å². The van der Waals surface area contributed by atoms with Gasteiger partial charge in [-0.2, -0.15) is 4.98 Å². The number of fused-ring (bicyclic) bond motifs is 1. The molecule has 2 heterocycles. The van der Waals surface area contributed by atoms with E-state index in [1.165, 1.54) is 0 Å². The average molecular weight is 245 g/mol. The zero-order valence-corrected chi connectivity index (χ0v) is 10.5. The molecule has 0 atom stereocenters. The van der Waals surface area contributed by atoms with Gasteiger partial charge in [0.15, 0.2) is 11.6 Å². The first kappa shape index (κ1) is 11.2. The molecule has 3 rings (SSSR count). The lowest BCUT2D eigenvalue weighted by atomic mass is 10.0. The molecule has 0 fully saturated rings. The van der Waals surface area contributed by atoms with Crippen LogP contribution < -0.4 is 0 Å². The Hall–Kier alpha value is -1.91. The fourth-order valence-corrected chi connectivity index (χ4v) is 2.60. The Balaban J connectivity index is 2.17. The normalized spacial score (nSPS) is 15.6. The van der Waals surface area contributed by atoms with Gasteiger partial charge in [-0.3, -0.25) is 4.79 Å². The summed E-state index contributed by atoms with van der Waals surface area (Å²) < 4.78 is 5.20. The molecule has 5 nitrogen and oxygen atoms in total. The smallest absolute Gasteiger partial charge is 0.274 e. The predicted molar refractivity (Wildman–Crippen MR) is 65.4 cm³/mol. The van der Waals surface area contributed by atoms with Crippen molar-refractivity contribution in [2.45, 2.75) is 39.5 Å². The van der Waals surface area contributed by atoms with Gasteiger partial charge in [-0.15, -0.1) is 0 Å². The lowest BCUT2D eigenvalue weighted by Crippen LogP contribution is -1.99. The Kier molecular flexibility index (Phi) is 2.54. The van der Waals surface area contributed by atoms with Crippen molar-refractivity contribution in [1.82, 2.24) is 15.1 Å².